The zero-order valence-corrected chi connectivity index (χ0v) is 23.6. The van der Waals surface area contributed by atoms with Crippen LogP contribution in [0.3, 0.4) is 0 Å². The molecule has 5 aromatic rings. The normalized spacial score (nSPS) is 19.2. The third-order valence-electron chi connectivity index (χ3n) is 7.88. The lowest BCUT2D eigenvalue weighted by molar-refractivity contribution is -0.117. The summed E-state index contributed by atoms with van der Waals surface area (Å²) >= 11 is 0. The molecule has 1 N–H and O–H groups in total. The first-order valence-corrected chi connectivity index (χ1v) is 14.3. The molecule has 1 saturated carbocycles. The minimum absolute atomic E-state index is 0.153. The summed E-state index contributed by atoms with van der Waals surface area (Å²) < 4.78 is 45.5. The lowest BCUT2D eigenvalue weighted by Crippen LogP contribution is -2.50. The van der Waals surface area contributed by atoms with Crippen LogP contribution in [0.1, 0.15) is 40.9 Å². The number of piperazine rings is 1. The maximum Gasteiger partial charge on any atom is 0.350 e. The number of hydrogen-bond donors (Lipinski definition) is 1. The van der Waals surface area contributed by atoms with Crippen molar-refractivity contribution < 1.29 is 27.2 Å². The Morgan fingerprint density at radius 1 is 1.00 bits per heavy atom. The van der Waals surface area contributed by atoms with Gasteiger partial charge < -0.3 is 14.6 Å². The lowest BCUT2D eigenvalue weighted by atomic mass is 10.0. The highest BCUT2D eigenvalue weighted by atomic mass is 19.3. The van der Waals surface area contributed by atoms with Crippen LogP contribution in [0.5, 0.6) is 0 Å². The molecule has 3 aromatic heterocycles. The molecule has 2 aliphatic rings. The number of amides is 2. The molecule has 2 fully saturated rings. The first-order valence-electron chi connectivity index (χ1n) is 14.3. The predicted octanol–water partition coefficient (Wildman–Crippen LogP) is 4.12. The molecule has 0 bridgehead atoms. The van der Waals surface area contributed by atoms with Crippen LogP contribution < -0.4 is 5.32 Å². The number of aromatic nitrogens is 6. The highest BCUT2D eigenvalue weighted by Crippen LogP contribution is 2.35. The van der Waals surface area contributed by atoms with E-state index in [9.17, 15) is 22.8 Å². The second-order valence-electron chi connectivity index (χ2n) is 10.9. The van der Waals surface area contributed by atoms with Crippen LogP contribution in [-0.2, 0) is 4.79 Å². The van der Waals surface area contributed by atoms with Crippen LogP contribution in [0, 0.1) is 5.92 Å². The van der Waals surface area contributed by atoms with Gasteiger partial charge in [0.1, 0.15) is 17.4 Å². The van der Waals surface area contributed by atoms with E-state index in [4.69, 9.17) is 4.42 Å². The number of nitrogens with one attached hydrogen (secondary N) is 1. The Morgan fingerprint density at radius 3 is 2.49 bits per heavy atom. The van der Waals surface area contributed by atoms with Gasteiger partial charge in [0.15, 0.2) is 11.4 Å². The van der Waals surface area contributed by atoms with Crippen LogP contribution in [0.2, 0.25) is 0 Å². The van der Waals surface area contributed by atoms with E-state index in [2.05, 4.69) is 30.7 Å². The molecule has 0 radical (unpaired) electrons. The van der Waals surface area contributed by atoms with Crippen molar-refractivity contribution in [2.45, 2.75) is 25.2 Å². The van der Waals surface area contributed by atoms with Crippen molar-refractivity contribution in [1.29, 1.82) is 0 Å². The number of carbonyl (C=O) groups is 2. The van der Waals surface area contributed by atoms with E-state index in [1.54, 1.807) is 35.2 Å². The number of pyridine rings is 1. The zero-order chi connectivity index (χ0) is 31.1. The SMILES string of the molecule is O=C(Nc1ccc2oc(-c3ccnc(C(=O)N4CCN(C(c5ccccc5)c5nnn(C(F)F)n5)CC4)c3)nc2c1)[C@@H]1C[C@@H]1F. The van der Waals surface area contributed by atoms with Gasteiger partial charge >= 0.3 is 6.55 Å². The van der Waals surface area contributed by atoms with Crippen molar-refractivity contribution in [1.82, 2.24) is 40.0 Å². The summed E-state index contributed by atoms with van der Waals surface area (Å²) in [5, 5.41) is 14.0. The molecule has 45 heavy (non-hydrogen) atoms. The highest BCUT2D eigenvalue weighted by Gasteiger charge is 2.43. The molecule has 2 aromatic carbocycles. The van der Waals surface area contributed by atoms with Gasteiger partial charge in [-0.25, -0.2) is 9.37 Å². The molecule has 12 nitrogen and oxygen atoms in total. The molecule has 3 atom stereocenters. The standard InChI is InChI=1S/C30H26F3N9O3/c31-21-16-20(21)27(43)35-19-6-7-24-22(15-19)36-28(45-24)18-8-9-34-23(14-18)29(44)41-12-10-40(11-13-41)25(17-4-2-1-3-5-17)26-37-39-42(38-26)30(32)33/h1-9,14-15,20-21,25,30H,10-13,16H2,(H,35,43)/t20-,21+,25?/m1/s1. The molecule has 7 rings (SSSR count). The third kappa shape index (κ3) is 5.85. The molecular formula is C30H26F3N9O3. The summed E-state index contributed by atoms with van der Waals surface area (Å²) in [5.41, 5.74) is 3.04. The summed E-state index contributed by atoms with van der Waals surface area (Å²) in [6.07, 6.45) is 0.651. The Morgan fingerprint density at radius 2 is 1.78 bits per heavy atom. The van der Waals surface area contributed by atoms with Gasteiger partial charge in [-0.2, -0.15) is 8.78 Å². The van der Waals surface area contributed by atoms with Crippen LogP contribution in [0.25, 0.3) is 22.6 Å². The predicted molar refractivity (Wildman–Crippen MR) is 154 cm³/mol. The van der Waals surface area contributed by atoms with Gasteiger partial charge in [-0.3, -0.25) is 19.5 Å². The van der Waals surface area contributed by atoms with Crippen molar-refractivity contribution in [3.05, 3.63) is 83.9 Å². The first-order chi connectivity index (χ1) is 21.8. The molecule has 4 heterocycles. The molecule has 1 aliphatic carbocycles. The van der Waals surface area contributed by atoms with Gasteiger partial charge in [-0.15, -0.1) is 10.2 Å². The van der Waals surface area contributed by atoms with Gasteiger partial charge in [-0.05, 0) is 47.5 Å². The van der Waals surface area contributed by atoms with Crippen molar-refractivity contribution in [3.8, 4) is 11.5 Å². The summed E-state index contributed by atoms with van der Waals surface area (Å²) in [6, 6.07) is 17.1. The Bertz CT molecular complexity index is 1860. The number of hydrogen-bond acceptors (Lipinski definition) is 9. The number of halogens is 3. The number of alkyl halides is 3. The largest absolute Gasteiger partial charge is 0.436 e. The Labute approximate surface area is 253 Å². The molecule has 2 amide bonds. The number of nitrogens with zero attached hydrogens (tertiary/aromatic N) is 8. The Kier molecular flexibility index (Phi) is 7.45. The number of fused-ring (bicyclic) bond motifs is 1. The fourth-order valence-electron chi connectivity index (χ4n) is 5.41. The van der Waals surface area contributed by atoms with E-state index in [0.29, 0.717) is 48.5 Å². The highest BCUT2D eigenvalue weighted by molar-refractivity contribution is 5.96. The number of anilines is 1. The van der Waals surface area contributed by atoms with Gasteiger partial charge in [-0.1, -0.05) is 35.1 Å². The summed E-state index contributed by atoms with van der Waals surface area (Å²) in [7, 11) is 0. The van der Waals surface area contributed by atoms with Crippen molar-refractivity contribution in [3.63, 3.8) is 0 Å². The number of rotatable bonds is 8. The zero-order valence-electron chi connectivity index (χ0n) is 23.6. The minimum Gasteiger partial charge on any atom is -0.436 e. The van der Waals surface area contributed by atoms with Crippen LogP contribution in [0.4, 0.5) is 18.9 Å². The van der Waals surface area contributed by atoms with Crippen LogP contribution in [-0.4, -0.2) is 84.1 Å². The Hall–Kier alpha value is -5.18. The molecule has 15 heteroatoms. The summed E-state index contributed by atoms with van der Waals surface area (Å²) in [5.74, 6) is -0.824. The van der Waals surface area contributed by atoms with E-state index in [0.717, 1.165) is 5.56 Å². The quantitative estimate of drug-likeness (QED) is 0.273. The average molecular weight is 618 g/mol. The maximum absolute atomic E-state index is 13.5. The molecule has 1 aliphatic heterocycles. The van der Waals surface area contributed by atoms with E-state index >= 15 is 0 Å². The number of carbonyl (C=O) groups excluding carboxylic acids is 2. The molecule has 0 spiro atoms. The maximum atomic E-state index is 13.5. The smallest absolute Gasteiger partial charge is 0.350 e. The van der Waals surface area contributed by atoms with Crippen molar-refractivity contribution >= 4 is 28.6 Å². The van der Waals surface area contributed by atoms with Gasteiger partial charge in [0.25, 0.3) is 5.91 Å². The number of oxazole rings is 1. The number of benzene rings is 2. The lowest BCUT2D eigenvalue weighted by Gasteiger charge is -2.38. The van der Waals surface area contributed by atoms with E-state index in [1.165, 1.54) is 6.20 Å². The summed E-state index contributed by atoms with van der Waals surface area (Å²) in [4.78, 5) is 38.4. The average Bonchev–Trinajstić information content (AvgIpc) is 3.40. The minimum atomic E-state index is -2.90. The first kappa shape index (κ1) is 28.6. The second kappa shape index (κ2) is 11.7. The second-order valence-corrected chi connectivity index (χ2v) is 10.9. The fraction of sp³-hybridized carbons (Fsp3) is 0.300. The van der Waals surface area contributed by atoms with E-state index < -0.39 is 24.7 Å². The van der Waals surface area contributed by atoms with E-state index in [1.807, 2.05) is 35.2 Å². The topological polar surface area (TPSA) is 135 Å². The molecule has 1 unspecified atom stereocenters. The fourth-order valence-corrected chi connectivity index (χ4v) is 5.41. The summed E-state index contributed by atoms with van der Waals surface area (Å²) in [6.45, 7) is -1.31. The Balaban J connectivity index is 1.05. The van der Waals surface area contributed by atoms with Crippen LogP contribution >= 0.6 is 0 Å². The monoisotopic (exact) mass is 617 g/mol. The third-order valence-corrected chi connectivity index (χ3v) is 7.88. The molecular weight excluding hydrogens is 591 g/mol. The van der Waals surface area contributed by atoms with E-state index in [-0.39, 0.29) is 40.4 Å². The van der Waals surface area contributed by atoms with Gasteiger partial charge in [0, 0.05) is 43.6 Å². The number of tetrazole rings is 1. The van der Waals surface area contributed by atoms with Crippen molar-refractivity contribution in [2.24, 2.45) is 5.92 Å². The molecule has 230 valence electrons. The van der Waals surface area contributed by atoms with Crippen LogP contribution in [0.15, 0.2) is 71.3 Å². The molecule has 1 saturated heterocycles. The van der Waals surface area contributed by atoms with Gasteiger partial charge in [0.2, 0.25) is 11.8 Å². The van der Waals surface area contributed by atoms with Crippen molar-refractivity contribution in [2.75, 3.05) is 31.5 Å². The van der Waals surface area contributed by atoms with Gasteiger partial charge in [0.05, 0.1) is 12.0 Å².